The summed E-state index contributed by atoms with van der Waals surface area (Å²) in [5.74, 6) is 0.0324. The molecule has 0 atom stereocenters. The summed E-state index contributed by atoms with van der Waals surface area (Å²) >= 11 is 0. The first-order valence-corrected chi connectivity index (χ1v) is 10.8. The molecule has 4 rings (SSSR count). The highest BCUT2D eigenvalue weighted by molar-refractivity contribution is 5.96. The lowest BCUT2D eigenvalue weighted by atomic mass is 10.1. The summed E-state index contributed by atoms with van der Waals surface area (Å²) < 4.78 is 11.7. The minimum atomic E-state index is -0.565. The summed E-state index contributed by atoms with van der Waals surface area (Å²) in [6.07, 6.45) is 1.42. The molecule has 0 aliphatic rings. The molecular formula is C24H24N6O4. The van der Waals surface area contributed by atoms with Gasteiger partial charge in [0.25, 0.3) is 0 Å². The summed E-state index contributed by atoms with van der Waals surface area (Å²) in [4.78, 5) is 29.3. The van der Waals surface area contributed by atoms with Crippen molar-refractivity contribution in [3.05, 3.63) is 65.0 Å². The number of para-hydroxylation sites is 1. The fraction of sp³-hybridized carbons (Fsp3) is 0.250. The SMILES string of the molecule is CCOC(=O)c1ccc(Nc2c(C(=O)OCC)cnn2-c2cc(C)c3cccc(C)c3n2)nn1. The van der Waals surface area contributed by atoms with Crippen molar-refractivity contribution in [2.75, 3.05) is 18.5 Å². The van der Waals surface area contributed by atoms with E-state index in [0.717, 1.165) is 22.0 Å². The van der Waals surface area contributed by atoms with E-state index in [9.17, 15) is 9.59 Å². The Morgan fingerprint density at radius 2 is 1.74 bits per heavy atom. The second-order valence-corrected chi connectivity index (χ2v) is 7.46. The number of carbonyl (C=O) groups excluding carboxylic acids is 2. The summed E-state index contributed by atoms with van der Waals surface area (Å²) in [5, 5.41) is 16.5. The third kappa shape index (κ3) is 4.42. The number of anilines is 2. The van der Waals surface area contributed by atoms with Gasteiger partial charge in [-0.05, 0) is 57.0 Å². The van der Waals surface area contributed by atoms with E-state index in [-0.39, 0.29) is 24.5 Å². The number of fused-ring (bicyclic) bond motifs is 1. The van der Waals surface area contributed by atoms with Gasteiger partial charge in [0, 0.05) is 5.39 Å². The van der Waals surface area contributed by atoms with Gasteiger partial charge in [-0.2, -0.15) is 9.78 Å². The first kappa shape index (κ1) is 22.8. The van der Waals surface area contributed by atoms with Crippen molar-refractivity contribution in [1.29, 1.82) is 0 Å². The fourth-order valence-electron chi connectivity index (χ4n) is 3.49. The summed E-state index contributed by atoms with van der Waals surface area (Å²) in [6, 6.07) is 10.9. The molecule has 0 radical (unpaired) electrons. The Balaban J connectivity index is 1.78. The summed E-state index contributed by atoms with van der Waals surface area (Å²) in [7, 11) is 0. The highest BCUT2D eigenvalue weighted by atomic mass is 16.5. The molecule has 10 nitrogen and oxygen atoms in total. The van der Waals surface area contributed by atoms with Crippen molar-refractivity contribution in [3.63, 3.8) is 0 Å². The molecule has 1 N–H and O–H groups in total. The minimum absolute atomic E-state index is 0.0776. The molecule has 10 heteroatoms. The summed E-state index contributed by atoms with van der Waals surface area (Å²) in [5.41, 5.74) is 3.17. The lowest BCUT2D eigenvalue weighted by Gasteiger charge is -2.13. The van der Waals surface area contributed by atoms with E-state index in [2.05, 4.69) is 20.6 Å². The van der Waals surface area contributed by atoms with Crippen molar-refractivity contribution >= 4 is 34.5 Å². The van der Waals surface area contributed by atoms with Gasteiger partial charge in [-0.15, -0.1) is 10.2 Å². The van der Waals surface area contributed by atoms with Crippen LogP contribution in [0, 0.1) is 13.8 Å². The third-order valence-electron chi connectivity index (χ3n) is 5.11. The zero-order valence-electron chi connectivity index (χ0n) is 19.3. The second-order valence-electron chi connectivity index (χ2n) is 7.46. The van der Waals surface area contributed by atoms with Crippen LogP contribution >= 0.6 is 0 Å². The van der Waals surface area contributed by atoms with Crippen LogP contribution in [-0.4, -0.2) is 50.1 Å². The van der Waals surface area contributed by atoms with E-state index < -0.39 is 11.9 Å². The number of pyridine rings is 1. The van der Waals surface area contributed by atoms with Crippen LogP contribution in [0.15, 0.2) is 42.6 Å². The smallest absolute Gasteiger partial charge is 0.358 e. The van der Waals surface area contributed by atoms with Gasteiger partial charge < -0.3 is 14.8 Å². The Bertz CT molecular complexity index is 1360. The zero-order valence-corrected chi connectivity index (χ0v) is 19.3. The monoisotopic (exact) mass is 460 g/mol. The zero-order chi connectivity index (χ0) is 24.2. The second kappa shape index (κ2) is 9.65. The van der Waals surface area contributed by atoms with Crippen LogP contribution in [0.1, 0.15) is 45.8 Å². The number of nitrogens with one attached hydrogen (secondary N) is 1. The number of aryl methyl sites for hydroxylation is 2. The molecule has 0 saturated heterocycles. The van der Waals surface area contributed by atoms with Gasteiger partial charge in [0.15, 0.2) is 23.1 Å². The number of esters is 2. The number of hydrogen-bond acceptors (Lipinski definition) is 9. The van der Waals surface area contributed by atoms with E-state index in [1.165, 1.54) is 16.9 Å². The Morgan fingerprint density at radius 3 is 2.44 bits per heavy atom. The molecule has 4 aromatic rings. The highest BCUT2D eigenvalue weighted by Crippen LogP contribution is 2.27. The molecule has 34 heavy (non-hydrogen) atoms. The van der Waals surface area contributed by atoms with Gasteiger partial charge >= 0.3 is 11.9 Å². The molecule has 0 bridgehead atoms. The Morgan fingerprint density at radius 1 is 0.971 bits per heavy atom. The van der Waals surface area contributed by atoms with Gasteiger partial charge in [-0.1, -0.05) is 18.2 Å². The van der Waals surface area contributed by atoms with Crippen molar-refractivity contribution in [3.8, 4) is 5.82 Å². The standard InChI is InChI=1S/C24H24N6O4/c1-5-33-23(31)17-13-25-30(20-12-15(4)16-9-7-8-14(3)21(16)27-20)22(17)26-19-11-10-18(28-29-19)24(32)34-6-2/h7-13H,5-6H2,1-4H3,(H,26,29). The van der Waals surface area contributed by atoms with Crippen LogP contribution in [0.5, 0.6) is 0 Å². The van der Waals surface area contributed by atoms with Crippen LogP contribution in [0.4, 0.5) is 11.6 Å². The largest absolute Gasteiger partial charge is 0.462 e. The van der Waals surface area contributed by atoms with Gasteiger partial charge in [0.1, 0.15) is 5.56 Å². The van der Waals surface area contributed by atoms with E-state index >= 15 is 0 Å². The maximum Gasteiger partial charge on any atom is 0.358 e. The maximum atomic E-state index is 12.6. The van der Waals surface area contributed by atoms with Crippen LogP contribution in [0.3, 0.4) is 0 Å². The van der Waals surface area contributed by atoms with E-state index in [4.69, 9.17) is 14.5 Å². The number of carbonyl (C=O) groups is 2. The molecule has 0 spiro atoms. The van der Waals surface area contributed by atoms with Crippen molar-refractivity contribution in [2.45, 2.75) is 27.7 Å². The molecule has 174 valence electrons. The average molecular weight is 460 g/mol. The van der Waals surface area contributed by atoms with Crippen LogP contribution in [-0.2, 0) is 9.47 Å². The lowest BCUT2D eigenvalue weighted by Crippen LogP contribution is -2.12. The number of ether oxygens (including phenoxy) is 2. The molecule has 3 heterocycles. The number of nitrogens with zero attached hydrogens (tertiary/aromatic N) is 5. The molecule has 0 aliphatic carbocycles. The first-order chi connectivity index (χ1) is 16.4. The molecule has 0 saturated carbocycles. The Labute approximate surface area is 195 Å². The average Bonchev–Trinajstić information content (AvgIpc) is 3.24. The van der Waals surface area contributed by atoms with Gasteiger partial charge in [-0.3, -0.25) is 0 Å². The lowest BCUT2D eigenvalue weighted by molar-refractivity contribution is 0.0512. The number of aromatic nitrogens is 5. The van der Waals surface area contributed by atoms with Gasteiger partial charge in [-0.25, -0.2) is 14.6 Å². The fourth-order valence-corrected chi connectivity index (χ4v) is 3.49. The number of benzene rings is 1. The predicted molar refractivity (Wildman–Crippen MR) is 126 cm³/mol. The Kier molecular flexibility index (Phi) is 6.48. The number of hydrogen-bond donors (Lipinski definition) is 1. The van der Waals surface area contributed by atoms with Crippen molar-refractivity contribution < 1.29 is 19.1 Å². The highest BCUT2D eigenvalue weighted by Gasteiger charge is 2.22. The van der Waals surface area contributed by atoms with Crippen LogP contribution in [0.2, 0.25) is 0 Å². The molecule has 0 amide bonds. The molecular weight excluding hydrogens is 436 g/mol. The minimum Gasteiger partial charge on any atom is -0.462 e. The first-order valence-electron chi connectivity index (χ1n) is 10.8. The molecule has 0 fully saturated rings. The molecule has 1 aromatic carbocycles. The quantitative estimate of drug-likeness (QED) is 0.409. The van der Waals surface area contributed by atoms with E-state index in [1.54, 1.807) is 19.9 Å². The van der Waals surface area contributed by atoms with Crippen molar-refractivity contribution in [1.82, 2.24) is 25.0 Å². The maximum absolute atomic E-state index is 12.6. The molecule has 3 aromatic heterocycles. The predicted octanol–water partition coefficient (Wildman–Crippen LogP) is 3.92. The molecule has 0 unspecified atom stereocenters. The molecule has 0 aliphatic heterocycles. The Hall–Kier alpha value is -4.34. The van der Waals surface area contributed by atoms with Crippen LogP contribution in [0.25, 0.3) is 16.7 Å². The number of rotatable bonds is 7. The van der Waals surface area contributed by atoms with E-state index in [1.807, 2.05) is 38.1 Å². The summed E-state index contributed by atoms with van der Waals surface area (Å²) in [6.45, 7) is 7.88. The van der Waals surface area contributed by atoms with E-state index in [0.29, 0.717) is 17.5 Å². The van der Waals surface area contributed by atoms with Gasteiger partial charge in [0.2, 0.25) is 0 Å². The third-order valence-corrected chi connectivity index (χ3v) is 5.11. The normalized spacial score (nSPS) is 10.8. The van der Waals surface area contributed by atoms with Crippen molar-refractivity contribution in [2.24, 2.45) is 0 Å². The van der Waals surface area contributed by atoms with Gasteiger partial charge in [0.05, 0.1) is 24.9 Å². The topological polar surface area (TPSA) is 121 Å². The van der Waals surface area contributed by atoms with Crippen LogP contribution < -0.4 is 5.32 Å².